The molecular weight excluding hydrogens is 228 g/mol. The molecule has 0 bridgehead atoms. The topological polar surface area (TPSA) is 41.6 Å². The smallest absolute Gasteiger partial charge is 0.251 e. The maximum atomic E-state index is 12.0. The zero-order valence-corrected chi connectivity index (χ0v) is 11.0. The Labute approximate surface area is 108 Å². The summed E-state index contributed by atoms with van der Waals surface area (Å²) in [5.41, 5.74) is 1.74. The zero-order chi connectivity index (χ0) is 13.0. The van der Waals surface area contributed by atoms with Crippen LogP contribution in [0.25, 0.3) is 0 Å². The lowest BCUT2D eigenvalue weighted by atomic mass is 10.1. The summed E-state index contributed by atoms with van der Waals surface area (Å²) in [5, 5.41) is 2.97. The highest BCUT2D eigenvalue weighted by Crippen LogP contribution is 2.14. The van der Waals surface area contributed by atoms with E-state index in [4.69, 9.17) is 4.74 Å². The van der Waals surface area contributed by atoms with Crippen LogP contribution in [0.15, 0.2) is 24.3 Å². The van der Waals surface area contributed by atoms with Crippen LogP contribution in [0.2, 0.25) is 0 Å². The van der Waals surface area contributed by atoms with Crippen molar-refractivity contribution in [2.24, 2.45) is 5.92 Å². The van der Waals surface area contributed by atoms with Crippen LogP contribution in [0.3, 0.4) is 0 Å². The highest BCUT2D eigenvalue weighted by atomic mass is 16.5. The Bertz CT molecular complexity index is 412. The first-order valence-electron chi connectivity index (χ1n) is 6.30. The predicted molar refractivity (Wildman–Crippen MR) is 72.0 cm³/mol. The first-order valence-corrected chi connectivity index (χ1v) is 6.30. The summed E-state index contributed by atoms with van der Waals surface area (Å²) in [6.45, 7) is 2.28. The molecule has 2 rings (SSSR count). The average Bonchev–Trinajstić information content (AvgIpc) is 2.89. The molecular formula is C14H20N2O2. The average molecular weight is 248 g/mol. The molecule has 1 aromatic carbocycles. The molecule has 0 radical (unpaired) electrons. The first kappa shape index (κ1) is 12.9. The molecule has 1 atom stereocenters. The fraction of sp³-hybridized carbons (Fsp3) is 0.500. The monoisotopic (exact) mass is 248 g/mol. The highest BCUT2D eigenvalue weighted by Gasteiger charge is 2.16. The number of rotatable bonds is 4. The summed E-state index contributed by atoms with van der Waals surface area (Å²) in [7, 11) is 3.93. The van der Waals surface area contributed by atoms with E-state index in [0.29, 0.717) is 18.0 Å². The molecule has 98 valence electrons. The SMILES string of the molecule is CN(C)c1cccc(C(=O)NC[C@H]2CCOC2)c1. The van der Waals surface area contributed by atoms with Gasteiger partial charge in [-0.15, -0.1) is 0 Å². The van der Waals surface area contributed by atoms with Gasteiger partial charge in [-0.25, -0.2) is 0 Å². The lowest BCUT2D eigenvalue weighted by molar-refractivity contribution is 0.0945. The number of carbonyl (C=O) groups is 1. The summed E-state index contributed by atoms with van der Waals surface area (Å²) < 4.78 is 5.29. The maximum absolute atomic E-state index is 12.0. The number of amides is 1. The van der Waals surface area contributed by atoms with Crippen LogP contribution in [0.1, 0.15) is 16.8 Å². The molecule has 1 aliphatic heterocycles. The van der Waals surface area contributed by atoms with Crippen LogP contribution < -0.4 is 10.2 Å². The van der Waals surface area contributed by atoms with Crippen molar-refractivity contribution in [3.63, 3.8) is 0 Å². The highest BCUT2D eigenvalue weighted by molar-refractivity contribution is 5.95. The summed E-state index contributed by atoms with van der Waals surface area (Å²) in [6, 6.07) is 7.64. The molecule has 1 saturated heterocycles. The molecule has 0 saturated carbocycles. The van der Waals surface area contributed by atoms with Gasteiger partial charge < -0.3 is 15.0 Å². The second kappa shape index (κ2) is 5.87. The third kappa shape index (κ3) is 3.23. The third-order valence-electron chi connectivity index (χ3n) is 3.20. The molecule has 4 heteroatoms. The molecule has 1 fully saturated rings. The lowest BCUT2D eigenvalue weighted by Gasteiger charge is -2.14. The van der Waals surface area contributed by atoms with Crippen molar-refractivity contribution < 1.29 is 9.53 Å². The molecule has 1 amide bonds. The Morgan fingerprint density at radius 3 is 3.00 bits per heavy atom. The van der Waals surface area contributed by atoms with Gasteiger partial charge in [-0.1, -0.05) is 6.07 Å². The van der Waals surface area contributed by atoms with Crippen LogP contribution in [-0.4, -0.2) is 39.8 Å². The summed E-state index contributed by atoms with van der Waals surface area (Å²) in [4.78, 5) is 14.0. The van der Waals surface area contributed by atoms with Crippen molar-refractivity contribution in [1.29, 1.82) is 0 Å². The Hall–Kier alpha value is -1.55. The minimum atomic E-state index is -0.00870. The molecule has 0 aromatic heterocycles. The van der Waals surface area contributed by atoms with Gasteiger partial charge in [0.2, 0.25) is 0 Å². The normalized spacial score (nSPS) is 18.7. The second-order valence-corrected chi connectivity index (χ2v) is 4.88. The van der Waals surface area contributed by atoms with Gasteiger partial charge in [0.15, 0.2) is 0 Å². The van der Waals surface area contributed by atoms with Crippen molar-refractivity contribution >= 4 is 11.6 Å². The molecule has 1 aromatic rings. The predicted octanol–water partition coefficient (Wildman–Crippen LogP) is 1.52. The quantitative estimate of drug-likeness (QED) is 0.878. The number of ether oxygens (including phenoxy) is 1. The lowest BCUT2D eigenvalue weighted by Crippen LogP contribution is -2.29. The minimum absolute atomic E-state index is 0.00870. The number of hydrogen-bond acceptors (Lipinski definition) is 3. The third-order valence-corrected chi connectivity index (χ3v) is 3.20. The van der Waals surface area contributed by atoms with Crippen molar-refractivity contribution in [2.45, 2.75) is 6.42 Å². The van der Waals surface area contributed by atoms with E-state index in [9.17, 15) is 4.79 Å². The van der Waals surface area contributed by atoms with Gasteiger partial charge in [-0.3, -0.25) is 4.79 Å². The molecule has 0 aliphatic carbocycles. The molecule has 1 N–H and O–H groups in total. The Morgan fingerprint density at radius 1 is 1.50 bits per heavy atom. The van der Waals surface area contributed by atoms with E-state index < -0.39 is 0 Å². The fourth-order valence-corrected chi connectivity index (χ4v) is 2.01. The van der Waals surface area contributed by atoms with Gasteiger partial charge >= 0.3 is 0 Å². The van der Waals surface area contributed by atoms with E-state index in [1.807, 2.05) is 43.3 Å². The first-order chi connectivity index (χ1) is 8.66. The van der Waals surface area contributed by atoms with Gasteiger partial charge in [0.1, 0.15) is 0 Å². The van der Waals surface area contributed by atoms with E-state index in [1.165, 1.54) is 0 Å². The number of nitrogens with one attached hydrogen (secondary N) is 1. The van der Waals surface area contributed by atoms with Gasteiger partial charge in [0.25, 0.3) is 5.91 Å². The van der Waals surface area contributed by atoms with Crippen molar-refractivity contribution in [1.82, 2.24) is 5.32 Å². The van der Waals surface area contributed by atoms with Crippen molar-refractivity contribution in [3.8, 4) is 0 Å². The Balaban J connectivity index is 1.93. The summed E-state index contributed by atoms with van der Waals surface area (Å²) >= 11 is 0. The Morgan fingerprint density at radius 2 is 2.33 bits per heavy atom. The molecule has 0 spiro atoms. The van der Waals surface area contributed by atoms with Crippen LogP contribution in [0.5, 0.6) is 0 Å². The van der Waals surface area contributed by atoms with Crippen LogP contribution >= 0.6 is 0 Å². The Kier molecular flexibility index (Phi) is 4.20. The maximum Gasteiger partial charge on any atom is 0.251 e. The number of hydrogen-bond donors (Lipinski definition) is 1. The zero-order valence-electron chi connectivity index (χ0n) is 11.0. The van der Waals surface area contributed by atoms with Crippen molar-refractivity contribution in [3.05, 3.63) is 29.8 Å². The molecule has 0 unspecified atom stereocenters. The second-order valence-electron chi connectivity index (χ2n) is 4.88. The molecule has 1 aliphatic rings. The standard InChI is InChI=1S/C14H20N2O2/c1-16(2)13-5-3-4-12(8-13)14(17)15-9-11-6-7-18-10-11/h3-5,8,11H,6-7,9-10H2,1-2H3,(H,15,17)/t11-/m1/s1. The van der Waals surface area contributed by atoms with Crippen LogP contribution in [0, 0.1) is 5.92 Å². The summed E-state index contributed by atoms with van der Waals surface area (Å²) in [5.74, 6) is 0.455. The van der Waals surface area contributed by atoms with Crippen molar-refractivity contribution in [2.75, 3.05) is 38.8 Å². The summed E-state index contributed by atoms with van der Waals surface area (Å²) in [6.07, 6.45) is 1.04. The molecule has 18 heavy (non-hydrogen) atoms. The minimum Gasteiger partial charge on any atom is -0.381 e. The van der Waals surface area contributed by atoms with E-state index in [-0.39, 0.29) is 5.91 Å². The number of anilines is 1. The van der Waals surface area contributed by atoms with Crippen LogP contribution in [-0.2, 0) is 4.74 Å². The number of benzene rings is 1. The van der Waals surface area contributed by atoms with E-state index in [0.717, 1.165) is 25.3 Å². The van der Waals surface area contributed by atoms with Crippen LogP contribution in [0.4, 0.5) is 5.69 Å². The van der Waals surface area contributed by atoms with E-state index >= 15 is 0 Å². The molecule has 1 heterocycles. The van der Waals surface area contributed by atoms with Gasteiger partial charge in [0, 0.05) is 44.4 Å². The van der Waals surface area contributed by atoms with E-state index in [2.05, 4.69) is 5.32 Å². The van der Waals surface area contributed by atoms with E-state index in [1.54, 1.807) is 0 Å². The van der Waals surface area contributed by atoms with Gasteiger partial charge in [0.05, 0.1) is 6.61 Å². The number of nitrogens with zero attached hydrogens (tertiary/aromatic N) is 1. The largest absolute Gasteiger partial charge is 0.381 e. The van der Waals surface area contributed by atoms with Gasteiger partial charge in [-0.2, -0.15) is 0 Å². The molecule has 4 nitrogen and oxygen atoms in total. The number of carbonyl (C=O) groups excluding carboxylic acids is 1. The van der Waals surface area contributed by atoms with Gasteiger partial charge in [-0.05, 0) is 24.6 Å². The fourth-order valence-electron chi connectivity index (χ4n) is 2.01.